The summed E-state index contributed by atoms with van der Waals surface area (Å²) in [4.78, 5) is 4.08. The summed E-state index contributed by atoms with van der Waals surface area (Å²) in [5.41, 5.74) is 6.78. The number of hydrogen-bond acceptors (Lipinski definition) is 3. The number of phenols is 1. The van der Waals surface area contributed by atoms with Gasteiger partial charge in [0.1, 0.15) is 16.4 Å². The number of fused-ring (bicyclic) bond motifs is 1. The molecule has 0 saturated carbocycles. The second-order valence-corrected chi connectivity index (χ2v) is 3.35. The molecule has 0 bridgehead atoms. The Kier molecular flexibility index (Phi) is 2.27. The molecule has 2 rings (SSSR count). The quantitative estimate of drug-likeness (QED) is 0.706. The molecule has 0 saturated heterocycles. The van der Waals surface area contributed by atoms with E-state index in [2.05, 4.69) is 4.98 Å². The summed E-state index contributed by atoms with van der Waals surface area (Å²) in [7, 11) is 0. The zero-order valence-corrected chi connectivity index (χ0v) is 8.12. The van der Waals surface area contributed by atoms with Crippen molar-refractivity contribution in [2.24, 2.45) is 5.73 Å². The van der Waals surface area contributed by atoms with Crippen molar-refractivity contribution >= 4 is 22.5 Å². The molecular formula is C10H9ClN2O. The lowest BCUT2D eigenvalue weighted by Crippen LogP contribution is -1.98. The van der Waals surface area contributed by atoms with Crippen molar-refractivity contribution in [2.75, 3.05) is 0 Å². The number of nitrogens with two attached hydrogens (primary N) is 1. The lowest BCUT2D eigenvalue weighted by atomic mass is 10.1. The third-order valence-electron chi connectivity index (χ3n) is 2.07. The van der Waals surface area contributed by atoms with Crippen LogP contribution < -0.4 is 5.73 Å². The first kappa shape index (κ1) is 9.24. The molecule has 72 valence electrons. The van der Waals surface area contributed by atoms with Crippen LogP contribution in [0.1, 0.15) is 5.56 Å². The number of aromatic hydroxyl groups is 1. The van der Waals surface area contributed by atoms with E-state index in [-0.39, 0.29) is 5.75 Å². The van der Waals surface area contributed by atoms with Gasteiger partial charge in [-0.3, -0.25) is 0 Å². The first-order chi connectivity index (χ1) is 6.72. The van der Waals surface area contributed by atoms with Gasteiger partial charge >= 0.3 is 0 Å². The van der Waals surface area contributed by atoms with E-state index in [4.69, 9.17) is 17.3 Å². The van der Waals surface area contributed by atoms with Crippen molar-refractivity contribution in [3.63, 3.8) is 0 Å². The molecule has 0 unspecified atom stereocenters. The SMILES string of the molecule is NCc1cc2cccc(O)c2nc1Cl. The Morgan fingerprint density at radius 2 is 2.21 bits per heavy atom. The molecule has 1 aromatic carbocycles. The van der Waals surface area contributed by atoms with Gasteiger partial charge in [0.05, 0.1) is 0 Å². The van der Waals surface area contributed by atoms with Gasteiger partial charge in [-0.1, -0.05) is 23.7 Å². The molecule has 0 aliphatic rings. The number of pyridine rings is 1. The number of rotatable bonds is 1. The number of nitrogens with zero attached hydrogens (tertiary/aromatic N) is 1. The third kappa shape index (κ3) is 1.41. The number of para-hydroxylation sites is 1. The van der Waals surface area contributed by atoms with E-state index in [1.54, 1.807) is 12.1 Å². The average molecular weight is 209 g/mol. The van der Waals surface area contributed by atoms with Gasteiger partial charge in [0.15, 0.2) is 0 Å². The monoisotopic (exact) mass is 208 g/mol. The molecule has 1 heterocycles. The highest BCUT2D eigenvalue weighted by Gasteiger charge is 2.05. The van der Waals surface area contributed by atoms with Crippen LogP contribution in [0.5, 0.6) is 5.75 Å². The van der Waals surface area contributed by atoms with E-state index < -0.39 is 0 Å². The predicted molar refractivity (Wildman–Crippen MR) is 56.3 cm³/mol. The number of hydrogen-bond donors (Lipinski definition) is 2. The van der Waals surface area contributed by atoms with Crippen molar-refractivity contribution in [3.8, 4) is 5.75 Å². The molecule has 0 atom stereocenters. The second-order valence-electron chi connectivity index (χ2n) is 2.99. The van der Waals surface area contributed by atoms with Crippen LogP contribution in [-0.4, -0.2) is 10.1 Å². The molecule has 0 spiro atoms. The maximum Gasteiger partial charge on any atom is 0.141 e. The van der Waals surface area contributed by atoms with Gasteiger partial charge in [-0.05, 0) is 12.1 Å². The molecule has 0 radical (unpaired) electrons. The van der Waals surface area contributed by atoms with Gasteiger partial charge < -0.3 is 10.8 Å². The van der Waals surface area contributed by atoms with Gasteiger partial charge in [-0.15, -0.1) is 0 Å². The van der Waals surface area contributed by atoms with Crippen LogP contribution in [0.15, 0.2) is 24.3 Å². The van der Waals surface area contributed by atoms with Crippen LogP contribution in [0.2, 0.25) is 5.15 Å². The van der Waals surface area contributed by atoms with Crippen molar-refractivity contribution in [1.82, 2.24) is 4.98 Å². The summed E-state index contributed by atoms with van der Waals surface area (Å²) in [6.07, 6.45) is 0. The first-order valence-electron chi connectivity index (χ1n) is 4.19. The van der Waals surface area contributed by atoms with E-state index in [1.807, 2.05) is 12.1 Å². The highest BCUT2D eigenvalue weighted by molar-refractivity contribution is 6.30. The second kappa shape index (κ2) is 3.44. The first-order valence-corrected chi connectivity index (χ1v) is 4.57. The van der Waals surface area contributed by atoms with Gasteiger partial charge in [-0.25, -0.2) is 4.98 Å². The van der Waals surface area contributed by atoms with Crippen molar-refractivity contribution in [2.45, 2.75) is 6.54 Å². The lowest BCUT2D eigenvalue weighted by Gasteiger charge is -2.04. The van der Waals surface area contributed by atoms with E-state index in [0.29, 0.717) is 17.2 Å². The summed E-state index contributed by atoms with van der Waals surface area (Å²) in [6, 6.07) is 7.03. The maximum atomic E-state index is 9.51. The molecule has 0 amide bonds. The standard InChI is InChI=1S/C10H9ClN2O/c11-10-7(5-12)4-6-2-1-3-8(14)9(6)13-10/h1-4,14H,5,12H2. The van der Waals surface area contributed by atoms with E-state index in [1.165, 1.54) is 0 Å². The Morgan fingerprint density at radius 1 is 1.43 bits per heavy atom. The van der Waals surface area contributed by atoms with Crippen LogP contribution in [0.4, 0.5) is 0 Å². The molecular weight excluding hydrogens is 200 g/mol. The molecule has 4 heteroatoms. The minimum absolute atomic E-state index is 0.132. The average Bonchev–Trinajstić information content (AvgIpc) is 2.19. The fraction of sp³-hybridized carbons (Fsp3) is 0.100. The molecule has 0 aliphatic heterocycles. The number of aromatic nitrogens is 1. The third-order valence-corrected chi connectivity index (χ3v) is 2.40. The van der Waals surface area contributed by atoms with Crippen LogP contribution in [-0.2, 0) is 6.54 Å². The van der Waals surface area contributed by atoms with Crippen molar-refractivity contribution < 1.29 is 5.11 Å². The van der Waals surface area contributed by atoms with Crippen LogP contribution in [0.3, 0.4) is 0 Å². The highest BCUT2D eigenvalue weighted by atomic mass is 35.5. The summed E-state index contributed by atoms with van der Waals surface area (Å²) in [6.45, 7) is 0.345. The molecule has 2 aromatic rings. The Morgan fingerprint density at radius 3 is 2.93 bits per heavy atom. The summed E-state index contributed by atoms with van der Waals surface area (Å²) < 4.78 is 0. The zero-order valence-electron chi connectivity index (χ0n) is 7.37. The molecule has 0 fully saturated rings. The molecule has 14 heavy (non-hydrogen) atoms. The van der Waals surface area contributed by atoms with E-state index >= 15 is 0 Å². The van der Waals surface area contributed by atoms with Gasteiger partial charge in [0.2, 0.25) is 0 Å². The molecule has 1 aromatic heterocycles. The van der Waals surface area contributed by atoms with Crippen LogP contribution in [0.25, 0.3) is 10.9 Å². The largest absolute Gasteiger partial charge is 0.506 e. The summed E-state index contributed by atoms with van der Waals surface area (Å²) >= 11 is 5.87. The Balaban J connectivity index is 2.79. The lowest BCUT2D eigenvalue weighted by molar-refractivity contribution is 0.480. The van der Waals surface area contributed by atoms with Gasteiger partial charge in [-0.2, -0.15) is 0 Å². The fourth-order valence-corrected chi connectivity index (χ4v) is 1.56. The number of halogens is 1. The smallest absolute Gasteiger partial charge is 0.141 e. The molecule has 0 aliphatic carbocycles. The topological polar surface area (TPSA) is 59.1 Å². The minimum atomic E-state index is 0.132. The maximum absolute atomic E-state index is 9.51. The zero-order chi connectivity index (χ0) is 10.1. The fourth-order valence-electron chi connectivity index (χ4n) is 1.35. The van der Waals surface area contributed by atoms with Crippen LogP contribution >= 0.6 is 11.6 Å². The Hall–Kier alpha value is -1.32. The highest BCUT2D eigenvalue weighted by Crippen LogP contribution is 2.26. The summed E-state index contributed by atoms with van der Waals surface area (Å²) in [5.74, 6) is 0.132. The van der Waals surface area contributed by atoms with E-state index in [9.17, 15) is 5.11 Å². The normalized spacial score (nSPS) is 10.7. The number of benzene rings is 1. The van der Waals surface area contributed by atoms with Crippen LogP contribution in [0, 0.1) is 0 Å². The molecule has 3 nitrogen and oxygen atoms in total. The van der Waals surface area contributed by atoms with E-state index in [0.717, 1.165) is 10.9 Å². The van der Waals surface area contributed by atoms with Crippen molar-refractivity contribution in [3.05, 3.63) is 35.0 Å². The number of phenolic OH excluding ortho intramolecular Hbond substituents is 1. The van der Waals surface area contributed by atoms with Gasteiger partial charge in [0, 0.05) is 17.5 Å². The molecule has 3 N–H and O–H groups in total. The Bertz CT molecular complexity index is 485. The predicted octanol–water partition coefficient (Wildman–Crippen LogP) is 2.05. The van der Waals surface area contributed by atoms with Gasteiger partial charge in [0.25, 0.3) is 0 Å². The van der Waals surface area contributed by atoms with Crippen molar-refractivity contribution in [1.29, 1.82) is 0 Å². The Labute approximate surface area is 86.1 Å². The summed E-state index contributed by atoms with van der Waals surface area (Å²) in [5, 5.41) is 10.7. The minimum Gasteiger partial charge on any atom is -0.506 e.